The molecule has 0 fully saturated rings. The average Bonchev–Trinajstić information content (AvgIpc) is 3.53. The number of ether oxygens (including phenoxy) is 1. The van der Waals surface area contributed by atoms with Crippen molar-refractivity contribution >= 4 is 33.2 Å². The number of hydrogen-bond donors (Lipinski definition) is 2. The van der Waals surface area contributed by atoms with Gasteiger partial charge in [-0.25, -0.2) is 0 Å². The number of benzene rings is 1. The van der Waals surface area contributed by atoms with Crippen molar-refractivity contribution in [3.05, 3.63) is 62.9 Å². The van der Waals surface area contributed by atoms with Gasteiger partial charge >= 0.3 is 0 Å². The molecule has 5 nitrogen and oxygen atoms in total. The minimum Gasteiger partial charge on any atom is -0.483 e. The first-order valence-corrected chi connectivity index (χ1v) is 12.4. The third-order valence-electron chi connectivity index (χ3n) is 6.63. The lowest BCUT2D eigenvalue weighted by atomic mass is 9.93. The summed E-state index contributed by atoms with van der Waals surface area (Å²) in [4.78, 5) is 5.47. The Bertz CT molecular complexity index is 1330. The van der Waals surface area contributed by atoms with Crippen molar-refractivity contribution in [3.63, 3.8) is 0 Å². The van der Waals surface area contributed by atoms with E-state index in [4.69, 9.17) is 16.3 Å². The second-order valence-corrected chi connectivity index (χ2v) is 10.2. The van der Waals surface area contributed by atoms with Gasteiger partial charge in [0.2, 0.25) is 0 Å². The van der Waals surface area contributed by atoms with Gasteiger partial charge in [-0.05, 0) is 56.4 Å². The molecule has 3 aromatic heterocycles. The maximum absolute atomic E-state index is 10.4. The molecule has 1 aliphatic carbocycles. The van der Waals surface area contributed by atoms with Crippen LogP contribution in [0.15, 0.2) is 30.5 Å². The molecule has 0 radical (unpaired) electrons. The normalized spacial score (nSPS) is 18.4. The summed E-state index contributed by atoms with van der Waals surface area (Å²) >= 11 is 8.16. The summed E-state index contributed by atoms with van der Waals surface area (Å²) in [5, 5.41) is 18.9. The van der Waals surface area contributed by atoms with Crippen LogP contribution in [0.5, 0.6) is 5.75 Å². The molecule has 0 saturated heterocycles. The molecule has 1 unspecified atom stereocenters. The third kappa shape index (κ3) is 3.24. The lowest BCUT2D eigenvalue weighted by molar-refractivity contribution is 0.177. The monoisotopic (exact) mass is 465 g/mol. The average molecular weight is 466 g/mol. The zero-order chi connectivity index (χ0) is 21.8. The van der Waals surface area contributed by atoms with Crippen molar-refractivity contribution in [3.8, 4) is 16.9 Å². The number of pyridine rings is 1. The number of thiophene rings is 1. The number of H-pyrrole nitrogens is 1. The van der Waals surface area contributed by atoms with Gasteiger partial charge in [0.25, 0.3) is 0 Å². The van der Waals surface area contributed by atoms with Gasteiger partial charge in [0, 0.05) is 50.5 Å². The number of nitrogens with one attached hydrogen (secondary N) is 1. The maximum atomic E-state index is 10.4. The summed E-state index contributed by atoms with van der Waals surface area (Å²) in [6.45, 7) is 1.98. The molecule has 0 amide bonds. The van der Waals surface area contributed by atoms with Crippen LogP contribution in [-0.4, -0.2) is 20.3 Å². The quantitative estimate of drug-likeness (QED) is 0.369. The summed E-state index contributed by atoms with van der Waals surface area (Å²) < 4.78 is 7.62. The topological polar surface area (TPSA) is 71.0 Å². The number of nitrogens with zero attached hydrogens (tertiary/aromatic N) is 2. The van der Waals surface area contributed by atoms with Gasteiger partial charge in [-0.15, -0.1) is 11.3 Å². The zero-order valence-corrected chi connectivity index (χ0v) is 19.4. The second-order valence-electron chi connectivity index (χ2n) is 8.67. The molecule has 0 saturated carbocycles. The van der Waals surface area contributed by atoms with Crippen LogP contribution in [0.2, 0.25) is 5.02 Å². The Morgan fingerprint density at radius 3 is 3.00 bits per heavy atom. The number of aliphatic hydroxyl groups is 1. The Balaban J connectivity index is 1.44. The Morgan fingerprint density at radius 1 is 1.25 bits per heavy atom. The van der Waals surface area contributed by atoms with Crippen LogP contribution in [0, 0.1) is 0 Å². The van der Waals surface area contributed by atoms with Crippen LogP contribution in [0.4, 0.5) is 0 Å². The Kier molecular flexibility index (Phi) is 4.97. The van der Waals surface area contributed by atoms with Crippen molar-refractivity contribution in [2.24, 2.45) is 0 Å². The number of aromatic amines is 1. The number of aromatic nitrogens is 3. The number of fused-ring (bicyclic) bond motifs is 3. The third-order valence-corrected chi connectivity index (χ3v) is 8.10. The SMILES string of the molecule is CCC(O)c1cc2nccc(-c3cc(Cl)cc4c3O[C@@H](c3n[nH]c5c3CCCC5)C4)c2s1. The van der Waals surface area contributed by atoms with Gasteiger partial charge < -0.3 is 9.84 Å². The van der Waals surface area contributed by atoms with Crippen molar-refractivity contribution < 1.29 is 9.84 Å². The molecule has 0 spiro atoms. The molecule has 164 valence electrons. The molecular weight excluding hydrogens is 442 g/mol. The molecule has 6 rings (SSSR count). The summed E-state index contributed by atoms with van der Waals surface area (Å²) in [6.07, 6.45) is 7.23. The van der Waals surface area contributed by atoms with E-state index < -0.39 is 6.10 Å². The van der Waals surface area contributed by atoms with Crippen LogP contribution in [0.1, 0.15) is 65.8 Å². The summed E-state index contributed by atoms with van der Waals surface area (Å²) in [5.41, 5.74) is 7.66. The van der Waals surface area contributed by atoms with E-state index >= 15 is 0 Å². The molecule has 4 aromatic rings. The van der Waals surface area contributed by atoms with Crippen LogP contribution >= 0.6 is 22.9 Å². The highest BCUT2D eigenvalue weighted by molar-refractivity contribution is 7.19. The molecule has 0 bridgehead atoms. The van der Waals surface area contributed by atoms with E-state index in [0.717, 1.165) is 62.5 Å². The summed E-state index contributed by atoms with van der Waals surface area (Å²) in [7, 11) is 0. The number of rotatable bonds is 4. The van der Waals surface area contributed by atoms with E-state index in [2.05, 4.69) is 15.2 Å². The highest BCUT2D eigenvalue weighted by Gasteiger charge is 2.33. The molecule has 7 heteroatoms. The first kappa shape index (κ1) is 20.2. The van der Waals surface area contributed by atoms with E-state index in [1.54, 1.807) is 11.3 Å². The lowest BCUT2D eigenvalue weighted by Gasteiger charge is -2.15. The van der Waals surface area contributed by atoms with Gasteiger partial charge in [-0.3, -0.25) is 10.1 Å². The predicted molar refractivity (Wildman–Crippen MR) is 128 cm³/mol. The smallest absolute Gasteiger partial charge is 0.147 e. The van der Waals surface area contributed by atoms with Crippen molar-refractivity contribution in [2.45, 2.75) is 57.7 Å². The van der Waals surface area contributed by atoms with E-state index in [0.29, 0.717) is 11.4 Å². The summed E-state index contributed by atoms with van der Waals surface area (Å²) in [6, 6.07) is 7.99. The Hall–Kier alpha value is -2.41. The maximum Gasteiger partial charge on any atom is 0.147 e. The Labute approximate surface area is 195 Å². The fourth-order valence-electron chi connectivity index (χ4n) is 4.98. The van der Waals surface area contributed by atoms with E-state index in [1.165, 1.54) is 24.1 Å². The fraction of sp³-hybridized carbons (Fsp3) is 0.360. The first-order chi connectivity index (χ1) is 15.6. The second kappa shape index (κ2) is 7.87. The standard InChI is InChI=1S/C25H24ClN3O2S/c1-2-20(30)22-12-19-25(32-22)15(7-8-27-19)17-11-14(26)9-13-10-21(31-24(13)17)23-16-5-3-4-6-18(16)28-29-23/h7-9,11-12,20-21,30H,2-6,10H2,1H3,(H,28,29)/t20?,21-/m1/s1. The molecule has 2 atom stereocenters. The van der Waals surface area contributed by atoms with E-state index in [-0.39, 0.29) is 6.10 Å². The van der Waals surface area contributed by atoms with Crippen LogP contribution < -0.4 is 4.74 Å². The number of aryl methyl sites for hydroxylation is 1. The molecular formula is C25H24ClN3O2S. The minimum absolute atomic E-state index is 0.0987. The van der Waals surface area contributed by atoms with Crippen molar-refractivity contribution in [1.29, 1.82) is 0 Å². The predicted octanol–water partition coefficient (Wildman–Crippen LogP) is 6.34. The minimum atomic E-state index is -0.474. The molecule has 2 aliphatic rings. The molecule has 1 aliphatic heterocycles. The van der Waals surface area contributed by atoms with Gasteiger partial charge in [0.15, 0.2) is 0 Å². The number of halogens is 1. The molecule has 2 N–H and O–H groups in total. The fourth-order valence-corrected chi connectivity index (χ4v) is 6.44. The highest BCUT2D eigenvalue weighted by atomic mass is 35.5. The van der Waals surface area contributed by atoms with Gasteiger partial charge in [-0.2, -0.15) is 5.10 Å². The molecule has 4 heterocycles. The van der Waals surface area contributed by atoms with Crippen molar-refractivity contribution in [1.82, 2.24) is 15.2 Å². The highest BCUT2D eigenvalue weighted by Crippen LogP contribution is 2.48. The number of hydrogen-bond acceptors (Lipinski definition) is 5. The van der Waals surface area contributed by atoms with Crippen molar-refractivity contribution in [2.75, 3.05) is 0 Å². The Morgan fingerprint density at radius 2 is 2.12 bits per heavy atom. The number of aliphatic hydroxyl groups excluding tert-OH is 1. The van der Waals surface area contributed by atoms with Gasteiger partial charge in [0.05, 0.1) is 16.3 Å². The van der Waals surface area contributed by atoms with Crippen LogP contribution in [0.25, 0.3) is 21.3 Å². The van der Waals surface area contributed by atoms with E-state index in [9.17, 15) is 5.11 Å². The van der Waals surface area contributed by atoms with Gasteiger partial charge in [-0.1, -0.05) is 18.5 Å². The first-order valence-electron chi connectivity index (χ1n) is 11.2. The van der Waals surface area contributed by atoms with Crippen LogP contribution in [0.3, 0.4) is 0 Å². The largest absolute Gasteiger partial charge is 0.483 e. The molecule has 32 heavy (non-hydrogen) atoms. The van der Waals surface area contributed by atoms with Gasteiger partial charge in [0.1, 0.15) is 17.5 Å². The molecule has 1 aromatic carbocycles. The van der Waals surface area contributed by atoms with E-state index in [1.807, 2.05) is 37.4 Å². The van der Waals surface area contributed by atoms with Crippen LogP contribution in [-0.2, 0) is 19.3 Å². The lowest BCUT2D eigenvalue weighted by Crippen LogP contribution is -2.09. The zero-order valence-electron chi connectivity index (χ0n) is 17.8. The summed E-state index contributed by atoms with van der Waals surface area (Å²) in [5.74, 6) is 0.880.